The lowest BCUT2D eigenvalue weighted by molar-refractivity contribution is 0.0872. The van der Waals surface area contributed by atoms with Gasteiger partial charge in [0.25, 0.3) is 0 Å². The molecule has 1 amide bonds. The molecule has 21 heavy (non-hydrogen) atoms. The molecule has 0 atom stereocenters. The van der Waals surface area contributed by atoms with Crippen LogP contribution in [-0.4, -0.2) is 41.4 Å². The van der Waals surface area contributed by atoms with Crippen LogP contribution in [-0.2, 0) is 4.74 Å². The van der Waals surface area contributed by atoms with Gasteiger partial charge in [-0.2, -0.15) is 5.10 Å². The van der Waals surface area contributed by atoms with Gasteiger partial charge in [0, 0.05) is 36.0 Å². The van der Waals surface area contributed by atoms with E-state index < -0.39 is 0 Å². The summed E-state index contributed by atoms with van der Waals surface area (Å²) in [6.45, 7) is 3.29. The summed E-state index contributed by atoms with van der Waals surface area (Å²) in [5, 5.41) is 7.38. The zero-order valence-corrected chi connectivity index (χ0v) is 12.1. The van der Waals surface area contributed by atoms with Crippen LogP contribution < -0.4 is 5.73 Å². The number of carbonyl (C=O) groups is 1. The van der Waals surface area contributed by atoms with Crippen molar-refractivity contribution in [3.05, 3.63) is 35.5 Å². The lowest BCUT2D eigenvalue weighted by Gasteiger charge is -2.37. The number of likely N-dealkylation sites (tertiary alicyclic amines) is 1. The van der Waals surface area contributed by atoms with Gasteiger partial charge in [-0.3, -0.25) is 5.10 Å². The van der Waals surface area contributed by atoms with E-state index in [9.17, 15) is 4.79 Å². The first-order valence-electron chi connectivity index (χ1n) is 6.83. The summed E-state index contributed by atoms with van der Waals surface area (Å²) in [7, 11) is 1.39. The van der Waals surface area contributed by atoms with E-state index >= 15 is 0 Å². The van der Waals surface area contributed by atoms with Gasteiger partial charge in [-0.25, -0.2) is 4.79 Å². The third kappa shape index (κ3) is 2.44. The highest BCUT2D eigenvalue weighted by Crippen LogP contribution is 2.29. The summed E-state index contributed by atoms with van der Waals surface area (Å²) >= 11 is 0. The number of nitrogens with one attached hydrogen (secondary N) is 1. The van der Waals surface area contributed by atoms with Crippen molar-refractivity contribution < 1.29 is 9.53 Å². The molecule has 0 saturated carbocycles. The van der Waals surface area contributed by atoms with E-state index in [0.717, 1.165) is 28.2 Å². The van der Waals surface area contributed by atoms with Gasteiger partial charge in [0.05, 0.1) is 12.8 Å². The SMILES string of the molecule is COC(=O)N1CC(c2cc(-c3ccc(C)c(N)c3)n[nH]2)C1. The second-order valence-electron chi connectivity index (χ2n) is 5.35. The third-order valence-corrected chi connectivity index (χ3v) is 3.93. The van der Waals surface area contributed by atoms with Crippen molar-refractivity contribution in [2.24, 2.45) is 0 Å². The number of aromatic amines is 1. The molecule has 1 aliphatic heterocycles. The number of aryl methyl sites for hydroxylation is 1. The number of hydrogen-bond donors (Lipinski definition) is 2. The quantitative estimate of drug-likeness (QED) is 0.828. The summed E-state index contributed by atoms with van der Waals surface area (Å²) in [6, 6.07) is 7.94. The number of nitrogen functional groups attached to an aromatic ring is 1. The number of methoxy groups -OCH3 is 1. The Morgan fingerprint density at radius 1 is 1.43 bits per heavy atom. The van der Waals surface area contributed by atoms with Crippen LogP contribution in [0.3, 0.4) is 0 Å². The Labute approximate surface area is 122 Å². The van der Waals surface area contributed by atoms with Gasteiger partial charge < -0.3 is 15.4 Å². The summed E-state index contributed by atoms with van der Waals surface area (Å²) < 4.78 is 4.68. The standard InChI is InChI=1S/C15H18N4O2/c1-9-3-4-10(5-12(9)16)13-6-14(18-17-13)11-7-19(8-11)15(20)21-2/h3-6,11H,7-8,16H2,1-2H3,(H,17,18). The maximum atomic E-state index is 11.3. The molecule has 110 valence electrons. The molecule has 3 N–H and O–H groups in total. The van der Waals surface area contributed by atoms with Gasteiger partial charge in [0.1, 0.15) is 0 Å². The molecule has 0 spiro atoms. The van der Waals surface area contributed by atoms with E-state index in [1.165, 1.54) is 7.11 Å². The first-order valence-corrected chi connectivity index (χ1v) is 6.83. The number of nitrogens with two attached hydrogens (primary N) is 1. The maximum Gasteiger partial charge on any atom is 0.409 e. The van der Waals surface area contributed by atoms with E-state index in [0.29, 0.717) is 13.1 Å². The Kier molecular flexibility index (Phi) is 3.29. The number of hydrogen-bond acceptors (Lipinski definition) is 4. The van der Waals surface area contributed by atoms with Crippen LogP contribution in [0.15, 0.2) is 24.3 Å². The van der Waals surface area contributed by atoms with Crippen LogP contribution in [0.1, 0.15) is 17.2 Å². The smallest absolute Gasteiger partial charge is 0.409 e. The van der Waals surface area contributed by atoms with Crippen LogP contribution in [0.5, 0.6) is 0 Å². The molecular formula is C15H18N4O2. The first-order chi connectivity index (χ1) is 10.1. The lowest BCUT2D eigenvalue weighted by atomic mass is 9.96. The minimum Gasteiger partial charge on any atom is -0.453 e. The summed E-state index contributed by atoms with van der Waals surface area (Å²) in [6.07, 6.45) is -0.280. The van der Waals surface area contributed by atoms with Crippen molar-refractivity contribution in [2.75, 3.05) is 25.9 Å². The highest BCUT2D eigenvalue weighted by Gasteiger charge is 2.33. The summed E-state index contributed by atoms with van der Waals surface area (Å²) in [4.78, 5) is 13.0. The minimum absolute atomic E-state index is 0.280. The van der Waals surface area contributed by atoms with Crippen LogP contribution in [0.25, 0.3) is 11.3 Å². The van der Waals surface area contributed by atoms with Crippen LogP contribution in [0.4, 0.5) is 10.5 Å². The summed E-state index contributed by atoms with van der Waals surface area (Å²) in [5.41, 5.74) is 10.6. The molecule has 0 bridgehead atoms. The largest absolute Gasteiger partial charge is 0.453 e. The van der Waals surface area contributed by atoms with Crippen molar-refractivity contribution in [1.82, 2.24) is 15.1 Å². The fourth-order valence-corrected chi connectivity index (χ4v) is 2.45. The second-order valence-corrected chi connectivity index (χ2v) is 5.35. The fourth-order valence-electron chi connectivity index (χ4n) is 2.45. The molecule has 0 radical (unpaired) electrons. The van der Waals surface area contributed by atoms with E-state index in [1.807, 2.05) is 31.2 Å². The number of aromatic nitrogens is 2. The van der Waals surface area contributed by atoms with Crippen molar-refractivity contribution in [3.8, 4) is 11.3 Å². The maximum absolute atomic E-state index is 11.3. The lowest BCUT2D eigenvalue weighted by Crippen LogP contribution is -2.48. The molecule has 3 rings (SSSR count). The zero-order valence-electron chi connectivity index (χ0n) is 12.1. The molecule has 2 heterocycles. The van der Waals surface area contributed by atoms with Gasteiger partial charge in [-0.05, 0) is 24.6 Å². The molecule has 0 unspecified atom stereocenters. The van der Waals surface area contributed by atoms with E-state index in [4.69, 9.17) is 5.73 Å². The monoisotopic (exact) mass is 286 g/mol. The normalized spacial score (nSPS) is 14.9. The number of nitrogens with zero attached hydrogens (tertiary/aromatic N) is 2. The van der Waals surface area contributed by atoms with Crippen molar-refractivity contribution in [2.45, 2.75) is 12.8 Å². The molecule has 1 fully saturated rings. The second kappa shape index (κ2) is 5.12. The Balaban J connectivity index is 1.73. The molecule has 1 aromatic heterocycles. The van der Waals surface area contributed by atoms with Gasteiger partial charge in [0.15, 0.2) is 0 Å². The predicted octanol–water partition coefficient (Wildman–Crippen LogP) is 2.13. The molecule has 6 nitrogen and oxygen atoms in total. The fraction of sp³-hybridized carbons (Fsp3) is 0.333. The van der Waals surface area contributed by atoms with E-state index in [2.05, 4.69) is 14.9 Å². The van der Waals surface area contributed by atoms with Crippen LogP contribution in [0.2, 0.25) is 0 Å². The number of benzene rings is 1. The Bertz CT molecular complexity index is 674. The molecule has 6 heteroatoms. The topological polar surface area (TPSA) is 84.2 Å². The molecule has 2 aromatic rings. The van der Waals surface area contributed by atoms with Crippen molar-refractivity contribution in [3.63, 3.8) is 0 Å². The Morgan fingerprint density at radius 2 is 2.19 bits per heavy atom. The highest BCUT2D eigenvalue weighted by atomic mass is 16.5. The number of carbonyl (C=O) groups excluding carboxylic acids is 1. The number of H-pyrrole nitrogens is 1. The minimum atomic E-state index is -0.280. The number of rotatable bonds is 2. The van der Waals surface area contributed by atoms with Crippen LogP contribution in [0, 0.1) is 6.92 Å². The molecular weight excluding hydrogens is 268 g/mol. The van der Waals surface area contributed by atoms with Crippen molar-refractivity contribution >= 4 is 11.8 Å². The molecule has 1 saturated heterocycles. The molecule has 0 aliphatic carbocycles. The Morgan fingerprint density at radius 3 is 2.86 bits per heavy atom. The molecule has 1 aliphatic rings. The third-order valence-electron chi connectivity index (χ3n) is 3.93. The highest BCUT2D eigenvalue weighted by molar-refractivity contribution is 5.69. The van der Waals surface area contributed by atoms with Crippen molar-refractivity contribution in [1.29, 1.82) is 0 Å². The van der Waals surface area contributed by atoms with Gasteiger partial charge in [-0.15, -0.1) is 0 Å². The van der Waals surface area contributed by atoms with E-state index in [-0.39, 0.29) is 12.0 Å². The zero-order chi connectivity index (χ0) is 15.0. The number of amides is 1. The van der Waals surface area contributed by atoms with Gasteiger partial charge in [-0.1, -0.05) is 12.1 Å². The van der Waals surface area contributed by atoms with Gasteiger partial charge >= 0.3 is 6.09 Å². The van der Waals surface area contributed by atoms with Gasteiger partial charge in [0.2, 0.25) is 0 Å². The summed E-state index contributed by atoms with van der Waals surface area (Å²) in [5.74, 6) is 0.285. The predicted molar refractivity (Wildman–Crippen MR) is 79.9 cm³/mol. The number of anilines is 1. The molecule has 1 aromatic carbocycles. The average molecular weight is 286 g/mol. The van der Waals surface area contributed by atoms with E-state index in [1.54, 1.807) is 4.90 Å². The Hall–Kier alpha value is -2.50. The number of ether oxygens (including phenoxy) is 1. The van der Waals surface area contributed by atoms with Crippen LogP contribution >= 0.6 is 0 Å². The first kappa shape index (κ1) is 13.5. The average Bonchev–Trinajstić information content (AvgIpc) is 2.89.